The van der Waals surface area contributed by atoms with E-state index in [0.29, 0.717) is 19.6 Å². The maximum Gasteiger partial charge on any atom is 0.234 e. The lowest BCUT2D eigenvalue weighted by atomic mass is 9.98. The summed E-state index contributed by atoms with van der Waals surface area (Å²) in [5, 5.41) is 2.47. The Morgan fingerprint density at radius 2 is 2.10 bits per heavy atom. The van der Waals surface area contributed by atoms with Gasteiger partial charge in [0.15, 0.2) is 0 Å². The Morgan fingerprint density at radius 3 is 2.71 bits per heavy atom. The Morgan fingerprint density at radius 1 is 1.38 bits per heavy atom. The summed E-state index contributed by atoms with van der Waals surface area (Å²) in [5.41, 5.74) is 0. The van der Waals surface area contributed by atoms with Crippen LogP contribution >= 0.6 is 0 Å². The molecular formula is C14H29N3O3S. The van der Waals surface area contributed by atoms with Crippen LogP contribution in [-0.2, 0) is 14.8 Å². The Labute approximate surface area is 128 Å². The minimum absolute atomic E-state index is 0.0558. The number of hydrogen-bond donors (Lipinski definition) is 2. The van der Waals surface area contributed by atoms with Crippen molar-refractivity contribution in [2.75, 3.05) is 32.7 Å². The highest BCUT2D eigenvalue weighted by Crippen LogP contribution is 2.16. The number of hydrogen-bond acceptors (Lipinski definition) is 4. The van der Waals surface area contributed by atoms with E-state index in [1.54, 1.807) is 13.8 Å². The first kappa shape index (κ1) is 18.4. The van der Waals surface area contributed by atoms with Crippen LogP contribution in [0.15, 0.2) is 0 Å². The molecule has 1 aliphatic rings. The number of nitrogens with one attached hydrogen (secondary N) is 2. The zero-order valence-electron chi connectivity index (χ0n) is 13.4. The van der Waals surface area contributed by atoms with Gasteiger partial charge >= 0.3 is 0 Å². The Balaban J connectivity index is 2.37. The Kier molecular flexibility index (Phi) is 7.62. The third-order valence-corrected chi connectivity index (χ3v) is 5.55. The van der Waals surface area contributed by atoms with Crippen LogP contribution < -0.4 is 10.0 Å². The predicted molar refractivity (Wildman–Crippen MR) is 84.5 cm³/mol. The van der Waals surface area contributed by atoms with Crippen molar-refractivity contribution < 1.29 is 13.2 Å². The van der Waals surface area contributed by atoms with Crippen LogP contribution in [0.25, 0.3) is 0 Å². The highest BCUT2D eigenvalue weighted by Gasteiger charge is 2.24. The van der Waals surface area contributed by atoms with Gasteiger partial charge in [0.2, 0.25) is 15.9 Å². The molecule has 2 N–H and O–H groups in total. The average molecular weight is 319 g/mol. The molecule has 1 saturated heterocycles. The van der Waals surface area contributed by atoms with E-state index < -0.39 is 15.3 Å². The van der Waals surface area contributed by atoms with Gasteiger partial charge in [0.25, 0.3) is 0 Å². The summed E-state index contributed by atoms with van der Waals surface area (Å²) in [4.78, 5) is 13.8. The van der Waals surface area contributed by atoms with E-state index in [1.807, 2.05) is 6.92 Å². The van der Waals surface area contributed by atoms with Gasteiger partial charge in [0.05, 0.1) is 11.8 Å². The summed E-state index contributed by atoms with van der Waals surface area (Å²) in [7, 11) is -3.20. The standard InChI is InChI=1S/C14H29N3O3S/c1-4-7-15-14(18)11-17-8-5-6-13(10-17)9-16-21(19,20)12(2)3/h12-13,16H,4-11H2,1-3H3,(H,15,18). The topological polar surface area (TPSA) is 78.5 Å². The number of rotatable bonds is 8. The average Bonchev–Trinajstić information content (AvgIpc) is 2.43. The van der Waals surface area contributed by atoms with Crippen molar-refractivity contribution in [2.24, 2.45) is 5.92 Å². The number of amides is 1. The number of sulfonamides is 1. The smallest absolute Gasteiger partial charge is 0.234 e. The van der Waals surface area contributed by atoms with Crippen LogP contribution in [0.1, 0.15) is 40.0 Å². The van der Waals surface area contributed by atoms with E-state index >= 15 is 0 Å². The molecule has 1 atom stereocenters. The monoisotopic (exact) mass is 319 g/mol. The molecule has 0 aromatic carbocycles. The summed E-state index contributed by atoms with van der Waals surface area (Å²) in [6, 6.07) is 0. The second-order valence-corrected chi connectivity index (χ2v) is 8.36. The van der Waals surface area contributed by atoms with Crippen molar-refractivity contribution in [1.29, 1.82) is 0 Å². The van der Waals surface area contributed by atoms with Gasteiger partial charge in [0.1, 0.15) is 0 Å². The van der Waals surface area contributed by atoms with Gasteiger partial charge in [-0.15, -0.1) is 0 Å². The summed E-state index contributed by atoms with van der Waals surface area (Å²) in [6.45, 7) is 8.65. The number of nitrogens with zero attached hydrogens (tertiary/aromatic N) is 1. The van der Waals surface area contributed by atoms with E-state index in [-0.39, 0.29) is 11.8 Å². The van der Waals surface area contributed by atoms with Crippen molar-refractivity contribution in [3.63, 3.8) is 0 Å². The molecule has 1 amide bonds. The predicted octanol–water partition coefficient (Wildman–Crippen LogP) is 0.552. The molecule has 1 unspecified atom stereocenters. The summed E-state index contributed by atoms with van der Waals surface area (Å²) >= 11 is 0. The number of likely N-dealkylation sites (tertiary alicyclic amines) is 1. The maximum absolute atomic E-state index is 11.8. The van der Waals surface area contributed by atoms with Gasteiger partial charge in [0, 0.05) is 19.6 Å². The van der Waals surface area contributed by atoms with Crippen LogP contribution in [0, 0.1) is 5.92 Å². The first-order valence-electron chi connectivity index (χ1n) is 7.82. The molecule has 21 heavy (non-hydrogen) atoms. The van der Waals surface area contributed by atoms with Crippen molar-refractivity contribution in [3.8, 4) is 0 Å². The Bertz CT molecular complexity index is 423. The first-order chi connectivity index (χ1) is 9.85. The molecule has 1 fully saturated rings. The van der Waals surface area contributed by atoms with Gasteiger partial charge in [-0.05, 0) is 45.6 Å². The number of carbonyl (C=O) groups is 1. The van der Waals surface area contributed by atoms with E-state index in [9.17, 15) is 13.2 Å². The second kappa shape index (κ2) is 8.70. The quantitative estimate of drug-likeness (QED) is 0.685. The van der Waals surface area contributed by atoms with Gasteiger partial charge in [-0.25, -0.2) is 13.1 Å². The van der Waals surface area contributed by atoms with Crippen LogP contribution in [-0.4, -0.2) is 57.2 Å². The van der Waals surface area contributed by atoms with Crippen molar-refractivity contribution in [1.82, 2.24) is 14.9 Å². The largest absolute Gasteiger partial charge is 0.355 e. The highest BCUT2D eigenvalue weighted by atomic mass is 32.2. The van der Waals surface area contributed by atoms with Crippen LogP contribution in [0.3, 0.4) is 0 Å². The molecule has 0 spiro atoms. The fourth-order valence-electron chi connectivity index (χ4n) is 2.39. The third-order valence-electron chi connectivity index (χ3n) is 3.74. The van der Waals surface area contributed by atoms with E-state index in [1.165, 1.54) is 0 Å². The zero-order valence-corrected chi connectivity index (χ0v) is 14.2. The molecule has 7 heteroatoms. The molecule has 6 nitrogen and oxygen atoms in total. The third kappa shape index (κ3) is 6.76. The fraction of sp³-hybridized carbons (Fsp3) is 0.929. The number of piperidine rings is 1. The van der Waals surface area contributed by atoms with Gasteiger partial charge in [-0.1, -0.05) is 6.92 Å². The van der Waals surface area contributed by atoms with Gasteiger partial charge < -0.3 is 5.32 Å². The minimum atomic E-state index is -3.20. The Hall–Kier alpha value is -0.660. The molecule has 0 bridgehead atoms. The molecule has 0 aromatic rings. The van der Waals surface area contributed by atoms with E-state index in [0.717, 1.165) is 32.4 Å². The molecule has 0 radical (unpaired) electrons. The lowest BCUT2D eigenvalue weighted by Gasteiger charge is -2.32. The highest BCUT2D eigenvalue weighted by molar-refractivity contribution is 7.90. The molecular weight excluding hydrogens is 290 g/mol. The van der Waals surface area contributed by atoms with Gasteiger partial charge in [-0.3, -0.25) is 9.69 Å². The molecule has 0 aromatic heterocycles. The molecule has 0 aliphatic carbocycles. The first-order valence-corrected chi connectivity index (χ1v) is 9.37. The molecule has 1 heterocycles. The van der Waals surface area contributed by atoms with E-state index in [4.69, 9.17) is 0 Å². The fourth-order valence-corrected chi connectivity index (χ4v) is 3.19. The van der Waals surface area contributed by atoms with Crippen LogP contribution in [0.4, 0.5) is 0 Å². The molecule has 0 saturated carbocycles. The summed E-state index contributed by atoms with van der Waals surface area (Å²) in [5.74, 6) is 0.339. The molecule has 1 aliphatic heterocycles. The maximum atomic E-state index is 11.8. The second-order valence-electron chi connectivity index (χ2n) is 6.04. The number of carbonyl (C=O) groups excluding carboxylic acids is 1. The lowest BCUT2D eigenvalue weighted by molar-refractivity contribution is -0.122. The summed E-state index contributed by atoms with van der Waals surface area (Å²) < 4.78 is 26.2. The SMILES string of the molecule is CCCNC(=O)CN1CCCC(CNS(=O)(=O)C(C)C)C1. The minimum Gasteiger partial charge on any atom is -0.355 e. The lowest BCUT2D eigenvalue weighted by Crippen LogP contribution is -2.45. The normalized spacial score (nSPS) is 20.7. The molecule has 124 valence electrons. The van der Waals surface area contributed by atoms with Crippen molar-refractivity contribution >= 4 is 15.9 Å². The van der Waals surface area contributed by atoms with Crippen LogP contribution in [0.5, 0.6) is 0 Å². The van der Waals surface area contributed by atoms with Crippen molar-refractivity contribution in [3.05, 3.63) is 0 Å². The van der Waals surface area contributed by atoms with Gasteiger partial charge in [-0.2, -0.15) is 0 Å². The van der Waals surface area contributed by atoms with E-state index in [2.05, 4.69) is 14.9 Å². The summed E-state index contributed by atoms with van der Waals surface area (Å²) in [6.07, 6.45) is 2.95. The van der Waals surface area contributed by atoms with Crippen molar-refractivity contribution in [2.45, 2.75) is 45.3 Å². The van der Waals surface area contributed by atoms with Crippen LogP contribution in [0.2, 0.25) is 0 Å². The zero-order chi connectivity index (χ0) is 15.9. The molecule has 1 rings (SSSR count).